The van der Waals surface area contributed by atoms with Gasteiger partial charge < -0.3 is 0 Å². The maximum atomic E-state index is 13.2. The minimum absolute atomic E-state index is 0.168. The summed E-state index contributed by atoms with van der Waals surface area (Å²) in [6.45, 7) is 2.96. The van der Waals surface area contributed by atoms with Gasteiger partial charge in [0, 0.05) is 37.7 Å². The third kappa shape index (κ3) is 5.01. The van der Waals surface area contributed by atoms with Crippen LogP contribution < -0.4 is 0 Å². The molecule has 3 rings (SSSR count). The lowest BCUT2D eigenvalue weighted by atomic mass is 10.2. The van der Waals surface area contributed by atoms with Crippen LogP contribution in [0.5, 0.6) is 0 Å². The lowest BCUT2D eigenvalue weighted by Crippen LogP contribution is -2.48. The Balaban J connectivity index is 1.57. The van der Waals surface area contributed by atoms with Crippen molar-refractivity contribution in [2.45, 2.75) is 12.3 Å². The topological polar surface area (TPSA) is 40.6 Å². The molecule has 0 radical (unpaired) electrons. The number of halogens is 2. The van der Waals surface area contributed by atoms with E-state index >= 15 is 0 Å². The van der Waals surface area contributed by atoms with E-state index in [9.17, 15) is 12.8 Å². The van der Waals surface area contributed by atoms with Crippen molar-refractivity contribution in [2.24, 2.45) is 0 Å². The zero-order chi connectivity index (χ0) is 17.9. The average molecular weight is 383 g/mol. The van der Waals surface area contributed by atoms with E-state index in [1.165, 1.54) is 22.5 Å². The maximum absolute atomic E-state index is 13.2. The highest BCUT2D eigenvalue weighted by Crippen LogP contribution is 2.17. The number of nitrogens with zero attached hydrogens (tertiary/aromatic N) is 2. The lowest BCUT2D eigenvalue weighted by molar-refractivity contribution is 0.181. The van der Waals surface area contributed by atoms with Crippen LogP contribution in [0.1, 0.15) is 11.1 Å². The molecule has 1 fully saturated rings. The first-order chi connectivity index (χ1) is 11.9. The first kappa shape index (κ1) is 18.3. The van der Waals surface area contributed by atoms with E-state index < -0.39 is 15.8 Å². The molecule has 0 unspecified atom stereocenters. The fourth-order valence-electron chi connectivity index (χ4n) is 2.99. The Morgan fingerprint density at radius 1 is 0.960 bits per heavy atom. The lowest BCUT2D eigenvalue weighted by Gasteiger charge is -2.34. The normalized spacial score (nSPS) is 16.9. The van der Waals surface area contributed by atoms with Crippen LogP contribution in [-0.4, -0.2) is 43.8 Å². The van der Waals surface area contributed by atoms with Gasteiger partial charge >= 0.3 is 0 Å². The van der Waals surface area contributed by atoms with Gasteiger partial charge in [-0.2, -0.15) is 4.31 Å². The Kier molecular flexibility index (Phi) is 5.74. The summed E-state index contributed by atoms with van der Waals surface area (Å²) in [7, 11) is -3.44. The molecular formula is C18H20ClFN2O2S. The van der Waals surface area contributed by atoms with E-state index in [1.54, 1.807) is 6.07 Å². The fraction of sp³-hybridized carbons (Fsp3) is 0.333. The minimum Gasteiger partial charge on any atom is -0.296 e. The van der Waals surface area contributed by atoms with Gasteiger partial charge in [0.2, 0.25) is 10.0 Å². The third-order valence-corrected chi connectivity index (χ3v) is 6.34. The second-order valence-corrected chi connectivity index (χ2v) is 8.60. The first-order valence-electron chi connectivity index (χ1n) is 8.11. The van der Waals surface area contributed by atoms with Gasteiger partial charge in [-0.15, -0.1) is 0 Å². The molecule has 0 bridgehead atoms. The molecule has 4 nitrogen and oxygen atoms in total. The zero-order valence-corrected chi connectivity index (χ0v) is 15.3. The molecule has 2 aromatic rings. The largest absolute Gasteiger partial charge is 0.296 e. The third-order valence-electron chi connectivity index (χ3n) is 4.26. The monoisotopic (exact) mass is 382 g/mol. The predicted molar refractivity (Wildman–Crippen MR) is 97.3 cm³/mol. The molecule has 0 aliphatic carbocycles. The smallest absolute Gasteiger partial charge is 0.218 e. The molecule has 0 N–H and O–H groups in total. The van der Waals surface area contributed by atoms with Crippen molar-refractivity contribution in [3.05, 3.63) is 70.5 Å². The van der Waals surface area contributed by atoms with Gasteiger partial charge in [-0.3, -0.25) is 4.90 Å². The summed E-state index contributed by atoms with van der Waals surface area (Å²) in [4.78, 5) is 2.21. The van der Waals surface area contributed by atoms with Crippen molar-refractivity contribution in [1.82, 2.24) is 9.21 Å². The summed E-state index contributed by atoms with van der Waals surface area (Å²) in [6, 6.07) is 13.4. The molecule has 2 aromatic carbocycles. The van der Waals surface area contributed by atoms with Crippen molar-refractivity contribution in [2.75, 3.05) is 26.2 Å². The number of hydrogen-bond acceptors (Lipinski definition) is 3. The van der Waals surface area contributed by atoms with Gasteiger partial charge in [0.1, 0.15) is 5.82 Å². The second kappa shape index (κ2) is 7.83. The van der Waals surface area contributed by atoms with Gasteiger partial charge in [-0.25, -0.2) is 12.8 Å². The molecule has 0 amide bonds. The van der Waals surface area contributed by atoms with Crippen molar-refractivity contribution in [1.29, 1.82) is 0 Å². The Morgan fingerprint density at radius 2 is 1.64 bits per heavy atom. The maximum Gasteiger partial charge on any atom is 0.218 e. The fourth-order valence-corrected chi connectivity index (χ4v) is 4.70. The van der Waals surface area contributed by atoms with Gasteiger partial charge in [0.25, 0.3) is 0 Å². The molecule has 0 spiro atoms. The van der Waals surface area contributed by atoms with Crippen molar-refractivity contribution < 1.29 is 12.8 Å². The first-order valence-corrected chi connectivity index (χ1v) is 10.1. The number of hydrogen-bond donors (Lipinski definition) is 0. The average Bonchev–Trinajstić information content (AvgIpc) is 2.55. The summed E-state index contributed by atoms with van der Waals surface area (Å²) in [5.74, 6) is -0.585. The molecule has 25 heavy (non-hydrogen) atoms. The predicted octanol–water partition coefficient (Wildman–Crippen LogP) is 3.13. The van der Waals surface area contributed by atoms with Crippen LogP contribution in [0.15, 0.2) is 48.5 Å². The highest BCUT2D eigenvalue weighted by Gasteiger charge is 2.27. The highest BCUT2D eigenvalue weighted by atomic mass is 35.5. The van der Waals surface area contributed by atoms with Crippen LogP contribution in [0.4, 0.5) is 4.39 Å². The molecule has 7 heteroatoms. The molecule has 0 saturated carbocycles. The van der Waals surface area contributed by atoms with Crippen molar-refractivity contribution >= 4 is 21.6 Å². The molecule has 134 valence electrons. The van der Waals surface area contributed by atoms with E-state index in [0.717, 1.165) is 12.1 Å². The van der Waals surface area contributed by atoms with Crippen LogP contribution in [0.25, 0.3) is 0 Å². The molecule has 1 heterocycles. The summed E-state index contributed by atoms with van der Waals surface area (Å²) in [5, 5.41) is 0.703. The zero-order valence-electron chi connectivity index (χ0n) is 13.7. The van der Waals surface area contributed by atoms with Crippen LogP contribution in [0.2, 0.25) is 5.02 Å². The van der Waals surface area contributed by atoms with Gasteiger partial charge in [0.15, 0.2) is 0 Å². The second-order valence-electron chi connectivity index (χ2n) is 6.19. The number of sulfonamides is 1. The Bertz CT molecular complexity index is 836. The Morgan fingerprint density at radius 3 is 2.32 bits per heavy atom. The van der Waals surface area contributed by atoms with E-state index in [4.69, 9.17) is 11.6 Å². The minimum atomic E-state index is -3.44. The van der Waals surface area contributed by atoms with Crippen LogP contribution in [0.3, 0.4) is 0 Å². The SMILES string of the molecule is O=S(=O)(Cc1cccc(F)c1)N1CCN(Cc2cccc(Cl)c2)CC1. The summed E-state index contributed by atoms with van der Waals surface area (Å²) < 4.78 is 39.8. The molecule has 0 aromatic heterocycles. The number of benzene rings is 2. The molecule has 0 atom stereocenters. The molecule has 1 saturated heterocycles. The number of rotatable bonds is 5. The van der Waals surface area contributed by atoms with E-state index in [1.807, 2.05) is 24.3 Å². The summed E-state index contributed by atoms with van der Waals surface area (Å²) in [5.41, 5.74) is 1.59. The molecular weight excluding hydrogens is 363 g/mol. The number of piperazine rings is 1. The van der Waals surface area contributed by atoms with Crippen molar-refractivity contribution in [3.63, 3.8) is 0 Å². The van der Waals surface area contributed by atoms with E-state index in [0.29, 0.717) is 36.8 Å². The van der Waals surface area contributed by atoms with E-state index in [2.05, 4.69) is 4.90 Å². The highest BCUT2D eigenvalue weighted by molar-refractivity contribution is 7.88. The van der Waals surface area contributed by atoms with Gasteiger partial charge in [0.05, 0.1) is 5.75 Å². The van der Waals surface area contributed by atoms with Gasteiger partial charge in [-0.05, 0) is 35.4 Å². The summed E-state index contributed by atoms with van der Waals surface area (Å²) >= 11 is 6.00. The summed E-state index contributed by atoms with van der Waals surface area (Å²) in [6.07, 6.45) is 0. The van der Waals surface area contributed by atoms with Crippen LogP contribution >= 0.6 is 11.6 Å². The Hall–Kier alpha value is -1.47. The standard InChI is InChI=1S/C18H20ClFN2O2S/c19-17-5-1-3-15(11-17)13-21-7-9-22(10-8-21)25(23,24)14-16-4-2-6-18(20)12-16/h1-6,11-12H,7-10,13-14H2. The quantitative estimate of drug-likeness (QED) is 0.797. The van der Waals surface area contributed by atoms with E-state index in [-0.39, 0.29) is 5.75 Å². The van der Waals surface area contributed by atoms with Crippen LogP contribution in [0, 0.1) is 5.82 Å². The Labute approximate surface area is 152 Å². The van der Waals surface area contributed by atoms with Gasteiger partial charge in [-0.1, -0.05) is 35.9 Å². The van der Waals surface area contributed by atoms with Crippen LogP contribution in [-0.2, 0) is 22.3 Å². The van der Waals surface area contributed by atoms with Crippen molar-refractivity contribution in [3.8, 4) is 0 Å². The molecule has 1 aliphatic rings. The molecule has 1 aliphatic heterocycles.